The highest BCUT2D eigenvalue weighted by Gasteiger charge is 2.12. The van der Waals surface area contributed by atoms with Crippen LogP contribution in [-0.4, -0.2) is 0 Å². The van der Waals surface area contributed by atoms with Crippen LogP contribution >= 0.6 is 11.3 Å². The summed E-state index contributed by atoms with van der Waals surface area (Å²) in [5.74, 6) is 0. The zero-order valence-electron chi connectivity index (χ0n) is 5.46. The van der Waals surface area contributed by atoms with Gasteiger partial charge < -0.3 is 11.5 Å². The van der Waals surface area contributed by atoms with Crippen molar-refractivity contribution in [2.75, 3.05) is 11.5 Å². The first-order chi connectivity index (χ1) is 5.20. The van der Waals surface area contributed by atoms with Crippen LogP contribution in [0.1, 0.15) is 11.1 Å². The van der Waals surface area contributed by atoms with Crippen LogP contribution in [0.15, 0.2) is 0 Å². The molecule has 0 unspecified atom stereocenters. The molecule has 0 saturated heterocycles. The molecule has 1 aromatic heterocycles. The van der Waals surface area contributed by atoms with Gasteiger partial charge in [0.1, 0.15) is 33.3 Å². The number of rotatable bonds is 0. The Hall–Kier alpha value is -1.72. The van der Waals surface area contributed by atoms with E-state index in [0.29, 0.717) is 10.0 Å². The van der Waals surface area contributed by atoms with Gasteiger partial charge in [-0.15, -0.1) is 0 Å². The Labute approximate surface area is 67.3 Å². The van der Waals surface area contributed by atoms with E-state index in [-0.39, 0.29) is 11.1 Å². The first-order valence-corrected chi connectivity index (χ1v) is 3.50. The molecule has 0 spiro atoms. The zero-order valence-corrected chi connectivity index (χ0v) is 6.27. The molecule has 5 heteroatoms. The van der Waals surface area contributed by atoms with Gasteiger partial charge in [-0.1, -0.05) is 11.3 Å². The molecular formula is C6H4N4S. The van der Waals surface area contributed by atoms with E-state index in [0.717, 1.165) is 11.3 Å². The van der Waals surface area contributed by atoms with Crippen LogP contribution in [0.25, 0.3) is 0 Å². The largest absolute Gasteiger partial charge is 0.389 e. The lowest BCUT2D eigenvalue weighted by molar-refractivity contribution is 1.46. The van der Waals surface area contributed by atoms with Gasteiger partial charge in [0.15, 0.2) is 0 Å². The quantitative estimate of drug-likeness (QED) is 0.588. The fourth-order valence-electron chi connectivity index (χ4n) is 0.689. The van der Waals surface area contributed by atoms with Gasteiger partial charge in [-0.3, -0.25) is 0 Å². The monoisotopic (exact) mass is 164 g/mol. The van der Waals surface area contributed by atoms with Crippen molar-refractivity contribution in [1.29, 1.82) is 10.5 Å². The summed E-state index contributed by atoms with van der Waals surface area (Å²) < 4.78 is 0. The fraction of sp³-hybridized carbons (Fsp3) is 0. The summed E-state index contributed by atoms with van der Waals surface area (Å²) in [6.45, 7) is 0. The summed E-state index contributed by atoms with van der Waals surface area (Å²) in [5, 5.41) is 17.6. The minimum atomic E-state index is 0.190. The molecule has 0 aromatic carbocycles. The lowest BCUT2D eigenvalue weighted by Gasteiger charge is -1.83. The molecule has 0 radical (unpaired) electrons. The zero-order chi connectivity index (χ0) is 8.43. The molecule has 0 aliphatic rings. The summed E-state index contributed by atoms with van der Waals surface area (Å²) in [7, 11) is 0. The van der Waals surface area contributed by atoms with Crippen molar-refractivity contribution < 1.29 is 0 Å². The Morgan fingerprint density at radius 3 is 1.64 bits per heavy atom. The van der Waals surface area contributed by atoms with E-state index in [1.807, 2.05) is 12.1 Å². The Bertz CT molecular complexity index is 331. The topological polar surface area (TPSA) is 99.6 Å². The minimum absolute atomic E-state index is 0.190. The van der Waals surface area contributed by atoms with Crippen molar-refractivity contribution in [2.24, 2.45) is 0 Å². The van der Waals surface area contributed by atoms with Crippen LogP contribution < -0.4 is 11.5 Å². The molecule has 0 aliphatic heterocycles. The molecular weight excluding hydrogens is 160 g/mol. The summed E-state index contributed by atoms with van der Waals surface area (Å²) in [6.07, 6.45) is 0. The summed E-state index contributed by atoms with van der Waals surface area (Å²) in [4.78, 5) is 0. The van der Waals surface area contributed by atoms with Gasteiger partial charge in [0.05, 0.1) is 0 Å². The Morgan fingerprint density at radius 2 is 1.36 bits per heavy atom. The van der Waals surface area contributed by atoms with Crippen molar-refractivity contribution in [1.82, 2.24) is 0 Å². The maximum absolute atomic E-state index is 8.51. The van der Waals surface area contributed by atoms with Crippen LogP contribution in [-0.2, 0) is 0 Å². The molecule has 4 N–H and O–H groups in total. The van der Waals surface area contributed by atoms with Gasteiger partial charge in [-0.05, 0) is 0 Å². The molecule has 0 bridgehead atoms. The second-order valence-corrected chi connectivity index (χ2v) is 2.89. The van der Waals surface area contributed by atoms with E-state index in [1.54, 1.807) is 0 Å². The molecule has 0 saturated carbocycles. The number of anilines is 2. The van der Waals surface area contributed by atoms with Crippen molar-refractivity contribution in [3.63, 3.8) is 0 Å². The number of nitrogens with zero attached hydrogens (tertiary/aromatic N) is 2. The third-order valence-electron chi connectivity index (χ3n) is 1.19. The molecule has 11 heavy (non-hydrogen) atoms. The number of thiophene rings is 1. The lowest BCUT2D eigenvalue weighted by Crippen LogP contribution is -1.86. The molecule has 0 atom stereocenters. The van der Waals surface area contributed by atoms with Crippen LogP contribution in [0.2, 0.25) is 0 Å². The number of nitrogens with two attached hydrogens (primary N) is 2. The van der Waals surface area contributed by atoms with E-state index < -0.39 is 0 Å². The van der Waals surface area contributed by atoms with Crippen molar-refractivity contribution in [3.05, 3.63) is 11.1 Å². The van der Waals surface area contributed by atoms with E-state index in [1.165, 1.54) is 0 Å². The molecule has 1 aromatic rings. The van der Waals surface area contributed by atoms with Crippen LogP contribution in [0.4, 0.5) is 10.0 Å². The van der Waals surface area contributed by atoms with Crippen molar-refractivity contribution >= 4 is 21.3 Å². The number of hydrogen-bond donors (Lipinski definition) is 2. The maximum atomic E-state index is 8.51. The molecule has 1 rings (SSSR count). The van der Waals surface area contributed by atoms with Crippen molar-refractivity contribution in [3.8, 4) is 12.1 Å². The van der Waals surface area contributed by atoms with E-state index in [9.17, 15) is 0 Å². The molecule has 0 amide bonds. The van der Waals surface area contributed by atoms with Gasteiger partial charge in [-0.25, -0.2) is 0 Å². The van der Waals surface area contributed by atoms with Gasteiger partial charge in [0, 0.05) is 0 Å². The lowest BCUT2D eigenvalue weighted by atomic mass is 10.2. The maximum Gasteiger partial charge on any atom is 0.107 e. The highest BCUT2D eigenvalue weighted by atomic mass is 32.1. The average Bonchev–Trinajstić information content (AvgIpc) is 2.24. The Morgan fingerprint density at radius 1 is 1.00 bits per heavy atom. The van der Waals surface area contributed by atoms with E-state index in [4.69, 9.17) is 22.0 Å². The highest BCUT2D eigenvalue weighted by molar-refractivity contribution is 7.20. The summed E-state index contributed by atoms with van der Waals surface area (Å²) in [5.41, 5.74) is 11.2. The summed E-state index contributed by atoms with van der Waals surface area (Å²) >= 11 is 1.06. The standard InChI is InChI=1S/C6H4N4S/c7-1-3-4(2-8)6(10)11-5(3)9/h9-10H2. The SMILES string of the molecule is N#Cc1c(N)sc(N)c1C#N. The highest BCUT2D eigenvalue weighted by Crippen LogP contribution is 2.31. The Balaban J connectivity index is 3.47. The first-order valence-electron chi connectivity index (χ1n) is 2.68. The second kappa shape index (κ2) is 2.49. The van der Waals surface area contributed by atoms with Gasteiger partial charge in [0.25, 0.3) is 0 Å². The predicted octanol–water partition coefficient (Wildman–Crippen LogP) is 0.656. The third kappa shape index (κ3) is 0.977. The van der Waals surface area contributed by atoms with Crippen molar-refractivity contribution in [2.45, 2.75) is 0 Å². The first kappa shape index (κ1) is 7.39. The van der Waals surface area contributed by atoms with Crippen LogP contribution in [0.5, 0.6) is 0 Å². The minimum Gasteiger partial charge on any atom is -0.389 e. The number of nitriles is 2. The molecule has 0 aliphatic carbocycles. The molecule has 1 heterocycles. The summed E-state index contributed by atoms with van der Waals surface area (Å²) in [6, 6.07) is 3.64. The normalized spacial score (nSPS) is 8.55. The predicted molar refractivity (Wildman–Crippen MR) is 42.6 cm³/mol. The Kier molecular flexibility index (Phi) is 1.67. The number of nitrogen functional groups attached to an aromatic ring is 2. The van der Waals surface area contributed by atoms with Gasteiger partial charge >= 0.3 is 0 Å². The molecule has 54 valence electrons. The molecule has 4 nitrogen and oxygen atoms in total. The van der Waals surface area contributed by atoms with E-state index >= 15 is 0 Å². The molecule has 0 fully saturated rings. The van der Waals surface area contributed by atoms with Gasteiger partial charge in [0.2, 0.25) is 0 Å². The van der Waals surface area contributed by atoms with Crippen LogP contribution in [0, 0.1) is 22.7 Å². The third-order valence-corrected chi connectivity index (χ3v) is 2.03. The average molecular weight is 164 g/mol. The fourth-order valence-corrected chi connectivity index (χ4v) is 1.43. The number of hydrogen-bond acceptors (Lipinski definition) is 5. The second-order valence-electron chi connectivity index (χ2n) is 1.80. The van der Waals surface area contributed by atoms with E-state index in [2.05, 4.69) is 0 Å². The van der Waals surface area contributed by atoms with Gasteiger partial charge in [-0.2, -0.15) is 10.5 Å². The van der Waals surface area contributed by atoms with Crippen LogP contribution in [0.3, 0.4) is 0 Å². The smallest absolute Gasteiger partial charge is 0.107 e.